The summed E-state index contributed by atoms with van der Waals surface area (Å²) in [4.78, 5) is 12.5. The molecule has 3 aliphatic rings. The second-order valence-corrected chi connectivity index (χ2v) is 6.78. The van der Waals surface area contributed by atoms with Crippen LogP contribution < -0.4 is 5.32 Å². The van der Waals surface area contributed by atoms with Crippen LogP contribution in [0.5, 0.6) is 0 Å². The monoisotopic (exact) mass is 235 g/mol. The standard InChI is InChI=1S/C15H25NO/c1-15(6-2-3-7-16-15)14(17)10-13-9-11-4-5-12(13)8-11/h11-13,16H,2-10H2,1H3. The summed E-state index contributed by atoms with van der Waals surface area (Å²) >= 11 is 0. The summed E-state index contributed by atoms with van der Waals surface area (Å²) in [7, 11) is 0. The molecule has 4 atom stereocenters. The molecule has 96 valence electrons. The van der Waals surface area contributed by atoms with Crippen LogP contribution in [0, 0.1) is 17.8 Å². The third-order valence-corrected chi connectivity index (χ3v) is 5.57. The number of carbonyl (C=O) groups is 1. The molecule has 2 bridgehead atoms. The molecule has 2 saturated carbocycles. The van der Waals surface area contributed by atoms with Crippen molar-refractivity contribution in [1.82, 2.24) is 5.32 Å². The molecular formula is C15H25NO. The summed E-state index contributed by atoms with van der Waals surface area (Å²) in [6.07, 6.45) is 9.94. The normalized spacial score (nSPS) is 45.1. The average Bonchev–Trinajstić information content (AvgIpc) is 2.92. The van der Waals surface area contributed by atoms with Gasteiger partial charge in [0.05, 0.1) is 5.54 Å². The summed E-state index contributed by atoms with van der Waals surface area (Å²) in [6.45, 7) is 3.15. The van der Waals surface area contributed by atoms with Crippen LogP contribution in [0.1, 0.15) is 58.3 Å². The van der Waals surface area contributed by atoms with Gasteiger partial charge in [0, 0.05) is 6.42 Å². The van der Waals surface area contributed by atoms with Crippen LogP contribution >= 0.6 is 0 Å². The van der Waals surface area contributed by atoms with Crippen LogP contribution in [0.4, 0.5) is 0 Å². The highest BCUT2D eigenvalue weighted by Crippen LogP contribution is 2.50. The van der Waals surface area contributed by atoms with Gasteiger partial charge in [-0.3, -0.25) is 4.79 Å². The number of hydrogen-bond donors (Lipinski definition) is 1. The molecule has 1 saturated heterocycles. The molecule has 0 spiro atoms. The maximum absolute atomic E-state index is 12.5. The number of ketones is 1. The fourth-order valence-corrected chi connectivity index (χ4v) is 4.38. The van der Waals surface area contributed by atoms with Gasteiger partial charge in [-0.1, -0.05) is 6.42 Å². The van der Waals surface area contributed by atoms with Gasteiger partial charge in [0.25, 0.3) is 0 Å². The van der Waals surface area contributed by atoms with Gasteiger partial charge in [-0.25, -0.2) is 0 Å². The number of hydrogen-bond acceptors (Lipinski definition) is 2. The molecule has 2 nitrogen and oxygen atoms in total. The second-order valence-electron chi connectivity index (χ2n) is 6.78. The number of carbonyl (C=O) groups excluding carboxylic acids is 1. The zero-order valence-corrected chi connectivity index (χ0v) is 11.0. The lowest BCUT2D eigenvalue weighted by atomic mass is 9.78. The van der Waals surface area contributed by atoms with E-state index in [1.165, 1.54) is 38.5 Å². The maximum atomic E-state index is 12.5. The van der Waals surface area contributed by atoms with Crippen molar-refractivity contribution in [3.8, 4) is 0 Å². The van der Waals surface area contributed by atoms with E-state index < -0.39 is 0 Å². The minimum absolute atomic E-state index is 0.194. The Kier molecular flexibility index (Phi) is 3.02. The van der Waals surface area contributed by atoms with Crippen molar-refractivity contribution in [2.45, 2.75) is 63.8 Å². The van der Waals surface area contributed by atoms with Crippen LogP contribution in [0.15, 0.2) is 0 Å². The fraction of sp³-hybridized carbons (Fsp3) is 0.933. The Morgan fingerprint density at radius 3 is 2.76 bits per heavy atom. The first-order chi connectivity index (χ1) is 8.17. The Morgan fingerprint density at radius 1 is 1.29 bits per heavy atom. The van der Waals surface area contributed by atoms with Crippen molar-refractivity contribution >= 4 is 5.78 Å². The highest BCUT2D eigenvalue weighted by molar-refractivity contribution is 5.88. The van der Waals surface area contributed by atoms with Gasteiger partial charge in [-0.05, 0) is 69.7 Å². The van der Waals surface area contributed by atoms with Crippen molar-refractivity contribution in [2.75, 3.05) is 6.54 Å². The van der Waals surface area contributed by atoms with Crippen LogP contribution in [0.3, 0.4) is 0 Å². The van der Waals surface area contributed by atoms with E-state index in [1.807, 2.05) is 0 Å². The molecule has 17 heavy (non-hydrogen) atoms. The molecule has 0 aromatic heterocycles. The first-order valence-corrected chi connectivity index (χ1v) is 7.46. The lowest BCUT2D eigenvalue weighted by Gasteiger charge is -2.35. The number of Topliss-reactive ketones (excluding diaryl/α,β-unsaturated/α-hetero) is 1. The van der Waals surface area contributed by atoms with Gasteiger partial charge >= 0.3 is 0 Å². The van der Waals surface area contributed by atoms with E-state index in [1.54, 1.807) is 0 Å². The summed E-state index contributed by atoms with van der Waals surface area (Å²) in [5.74, 6) is 3.07. The Hall–Kier alpha value is -0.370. The van der Waals surface area contributed by atoms with Crippen molar-refractivity contribution < 1.29 is 4.79 Å². The van der Waals surface area contributed by atoms with E-state index in [0.717, 1.165) is 37.1 Å². The van der Waals surface area contributed by atoms with E-state index >= 15 is 0 Å². The fourth-order valence-electron chi connectivity index (χ4n) is 4.38. The molecule has 2 heteroatoms. The first kappa shape index (κ1) is 11.7. The van der Waals surface area contributed by atoms with Crippen LogP contribution in [0.25, 0.3) is 0 Å². The van der Waals surface area contributed by atoms with Crippen LogP contribution in [-0.4, -0.2) is 17.9 Å². The summed E-state index contributed by atoms with van der Waals surface area (Å²) in [5.41, 5.74) is -0.194. The third-order valence-electron chi connectivity index (χ3n) is 5.57. The van der Waals surface area contributed by atoms with Crippen LogP contribution in [0.2, 0.25) is 0 Å². The van der Waals surface area contributed by atoms with Gasteiger partial charge in [0.1, 0.15) is 0 Å². The quantitative estimate of drug-likeness (QED) is 0.815. The molecule has 0 aromatic rings. The number of rotatable bonds is 3. The Labute approximate surface area is 105 Å². The summed E-state index contributed by atoms with van der Waals surface area (Å²) in [6, 6.07) is 0. The topological polar surface area (TPSA) is 29.1 Å². The van der Waals surface area contributed by atoms with E-state index in [2.05, 4.69) is 12.2 Å². The van der Waals surface area contributed by atoms with E-state index in [4.69, 9.17) is 0 Å². The zero-order chi connectivity index (χ0) is 11.9. The average molecular weight is 235 g/mol. The van der Waals surface area contributed by atoms with Crippen molar-refractivity contribution in [3.63, 3.8) is 0 Å². The predicted molar refractivity (Wildman–Crippen MR) is 68.8 cm³/mol. The first-order valence-electron chi connectivity index (χ1n) is 7.46. The van der Waals surface area contributed by atoms with E-state index in [9.17, 15) is 4.79 Å². The van der Waals surface area contributed by atoms with Gasteiger partial charge < -0.3 is 5.32 Å². The molecule has 4 unspecified atom stereocenters. The van der Waals surface area contributed by atoms with E-state index in [0.29, 0.717) is 5.78 Å². The van der Waals surface area contributed by atoms with E-state index in [-0.39, 0.29) is 5.54 Å². The molecule has 1 aliphatic heterocycles. The zero-order valence-electron chi connectivity index (χ0n) is 11.0. The number of fused-ring (bicyclic) bond motifs is 2. The lowest BCUT2D eigenvalue weighted by Crippen LogP contribution is -2.52. The molecule has 3 rings (SSSR count). The second kappa shape index (κ2) is 4.38. The van der Waals surface area contributed by atoms with Crippen molar-refractivity contribution in [2.24, 2.45) is 17.8 Å². The largest absolute Gasteiger partial charge is 0.305 e. The van der Waals surface area contributed by atoms with Gasteiger partial charge in [-0.2, -0.15) is 0 Å². The van der Waals surface area contributed by atoms with Gasteiger partial charge in [-0.15, -0.1) is 0 Å². The Bertz CT molecular complexity index is 306. The Morgan fingerprint density at radius 2 is 2.18 bits per heavy atom. The molecule has 2 aliphatic carbocycles. The minimum Gasteiger partial charge on any atom is -0.305 e. The van der Waals surface area contributed by atoms with Gasteiger partial charge in [0.2, 0.25) is 0 Å². The molecule has 3 fully saturated rings. The van der Waals surface area contributed by atoms with Crippen LogP contribution in [-0.2, 0) is 4.79 Å². The third kappa shape index (κ3) is 2.16. The molecule has 0 aromatic carbocycles. The lowest BCUT2D eigenvalue weighted by molar-refractivity contribution is -0.127. The highest BCUT2D eigenvalue weighted by Gasteiger charge is 2.43. The minimum atomic E-state index is -0.194. The Balaban J connectivity index is 1.59. The van der Waals surface area contributed by atoms with Crippen molar-refractivity contribution in [3.05, 3.63) is 0 Å². The van der Waals surface area contributed by atoms with Gasteiger partial charge in [0.15, 0.2) is 5.78 Å². The molecule has 1 heterocycles. The predicted octanol–water partition coefficient (Wildman–Crippen LogP) is 2.91. The highest BCUT2D eigenvalue weighted by atomic mass is 16.1. The number of piperidine rings is 1. The maximum Gasteiger partial charge on any atom is 0.152 e. The van der Waals surface area contributed by atoms with Crippen molar-refractivity contribution in [1.29, 1.82) is 0 Å². The smallest absolute Gasteiger partial charge is 0.152 e. The molecule has 0 radical (unpaired) electrons. The summed E-state index contributed by atoms with van der Waals surface area (Å²) in [5, 5.41) is 3.46. The summed E-state index contributed by atoms with van der Waals surface area (Å²) < 4.78 is 0. The molecule has 1 N–H and O–H groups in total. The molecular weight excluding hydrogens is 210 g/mol. The number of nitrogens with one attached hydrogen (secondary N) is 1. The molecule has 0 amide bonds. The SMILES string of the molecule is CC1(C(=O)CC2CC3CCC2C3)CCCCN1.